The Kier molecular flexibility index (Phi) is 3.09. The molecule has 2 N–H and O–H groups in total. The third kappa shape index (κ3) is 1.87. The van der Waals surface area contributed by atoms with Crippen molar-refractivity contribution in [3.63, 3.8) is 0 Å². The summed E-state index contributed by atoms with van der Waals surface area (Å²) in [6.45, 7) is 5.68. The van der Waals surface area contributed by atoms with Gasteiger partial charge in [-0.3, -0.25) is 4.79 Å². The van der Waals surface area contributed by atoms with Gasteiger partial charge >= 0.3 is 0 Å². The number of carbonyl (C=O) groups excluding carboxylic acids is 1. The monoisotopic (exact) mass is 237 g/mol. The first kappa shape index (κ1) is 11.5. The Bertz CT molecular complexity index is 301. The number of piperazine rings is 1. The van der Waals surface area contributed by atoms with E-state index < -0.39 is 0 Å². The predicted molar refractivity (Wildman–Crippen MR) is 66.7 cm³/mol. The van der Waals surface area contributed by atoms with Crippen LogP contribution >= 0.6 is 0 Å². The van der Waals surface area contributed by atoms with Crippen LogP contribution in [0.15, 0.2) is 0 Å². The molecule has 0 aromatic rings. The Morgan fingerprint density at radius 2 is 2.00 bits per heavy atom. The number of hydrogen-bond donors (Lipinski definition) is 2. The van der Waals surface area contributed by atoms with Gasteiger partial charge < -0.3 is 15.5 Å². The zero-order valence-corrected chi connectivity index (χ0v) is 10.5. The lowest BCUT2D eigenvalue weighted by Gasteiger charge is -2.42. The van der Waals surface area contributed by atoms with Gasteiger partial charge in [0.1, 0.15) is 0 Å². The molecule has 2 heterocycles. The van der Waals surface area contributed by atoms with E-state index in [0.29, 0.717) is 11.8 Å². The standard InChI is InChI=1S/C13H23N3O/c17-12(16-7-5-14-6-8-16)13-4-2-1-3-11(13)9-15-10-13/h11,14-15H,1-10H2/t11-,13+/m0/s1. The molecule has 2 aliphatic heterocycles. The van der Waals surface area contributed by atoms with Crippen molar-refractivity contribution in [3.8, 4) is 0 Å². The molecule has 96 valence electrons. The molecule has 1 aliphatic carbocycles. The minimum atomic E-state index is -0.0460. The average molecular weight is 237 g/mol. The molecule has 0 bridgehead atoms. The van der Waals surface area contributed by atoms with Crippen molar-refractivity contribution in [3.05, 3.63) is 0 Å². The van der Waals surface area contributed by atoms with Crippen molar-refractivity contribution < 1.29 is 4.79 Å². The molecule has 2 saturated heterocycles. The molecule has 3 aliphatic rings. The minimum Gasteiger partial charge on any atom is -0.340 e. The molecular formula is C13H23N3O. The van der Waals surface area contributed by atoms with E-state index in [2.05, 4.69) is 15.5 Å². The largest absolute Gasteiger partial charge is 0.340 e. The van der Waals surface area contributed by atoms with Crippen molar-refractivity contribution in [1.82, 2.24) is 15.5 Å². The maximum Gasteiger partial charge on any atom is 0.230 e. The van der Waals surface area contributed by atoms with E-state index in [4.69, 9.17) is 0 Å². The minimum absolute atomic E-state index is 0.0460. The molecule has 1 saturated carbocycles. The summed E-state index contributed by atoms with van der Waals surface area (Å²) >= 11 is 0. The van der Waals surface area contributed by atoms with Crippen LogP contribution in [0.3, 0.4) is 0 Å². The highest BCUT2D eigenvalue weighted by Crippen LogP contribution is 2.45. The van der Waals surface area contributed by atoms with Gasteiger partial charge in [-0.2, -0.15) is 0 Å². The van der Waals surface area contributed by atoms with Crippen LogP contribution < -0.4 is 10.6 Å². The van der Waals surface area contributed by atoms with Gasteiger partial charge in [-0.15, -0.1) is 0 Å². The van der Waals surface area contributed by atoms with Crippen LogP contribution in [0.5, 0.6) is 0 Å². The molecule has 0 aromatic carbocycles. The Labute approximate surface area is 103 Å². The van der Waals surface area contributed by atoms with Gasteiger partial charge in [0.15, 0.2) is 0 Å². The number of hydrogen-bond acceptors (Lipinski definition) is 3. The number of carbonyl (C=O) groups is 1. The van der Waals surface area contributed by atoms with Gasteiger partial charge in [0.25, 0.3) is 0 Å². The van der Waals surface area contributed by atoms with Crippen molar-refractivity contribution in [1.29, 1.82) is 0 Å². The van der Waals surface area contributed by atoms with E-state index in [-0.39, 0.29) is 5.41 Å². The first-order valence-corrected chi connectivity index (χ1v) is 7.04. The van der Waals surface area contributed by atoms with E-state index >= 15 is 0 Å². The Morgan fingerprint density at radius 3 is 2.82 bits per heavy atom. The second-order valence-electron chi connectivity index (χ2n) is 5.77. The van der Waals surface area contributed by atoms with Gasteiger partial charge in [0.2, 0.25) is 5.91 Å². The number of nitrogens with zero attached hydrogens (tertiary/aromatic N) is 1. The summed E-state index contributed by atoms with van der Waals surface area (Å²) in [4.78, 5) is 14.9. The van der Waals surface area contributed by atoms with Crippen LogP contribution in [-0.2, 0) is 4.79 Å². The third-order valence-electron chi connectivity index (χ3n) is 4.87. The molecule has 4 heteroatoms. The molecule has 0 spiro atoms. The molecule has 3 rings (SSSR count). The fourth-order valence-corrected chi connectivity index (χ4v) is 3.85. The van der Waals surface area contributed by atoms with Gasteiger partial charge in [0, 0.05) is 32.7 Å². The molecule has 3 fully saturated rings. The summed E-state index contributed by atoms with van der Waals surface area (Å²) in [5.41, 5.74) is -0.0460. The van der Waals surface area contributed by atoms with E-state index in [1.165, 1.54) is 19.3 Å². The first-order valence-electron chi connectivity index (χ1n) is 7.04. The van der Waals surface area contributed by atoms with Gasteiger partial charge in [-0.25, -0.2) is 0 Å². The Hall–Kier alpha value is -0.610. The first-order chi connectivity index (χ1) is 8.33. The quantitative estimate of drug-likeness (QED) is 0.685. The third-order valence-corrected chi connectivity index (χ3v) is 4.87. The summed E-state index contributed by atoms with van der Waals surface area (Å²) in [6, 6.07) is 0. The van der Waals surface area contributed by atoms with Gasteiger partial charge in [-0.05, 0) is 25.3 Å². The van der Waals surface area contributed by atoms with Gasteiger partial charge in [0.05, 0.1) is 5.41 Å². The predicted octanol–water partition coefficient (Wildman–Crippen LogP) is 0.198. The summed E-state index contributed by atoms with van der Waals surface area (Å²) in [5.74, 6) is 1.03. The zero-order valence-electron chi connectivity index (χ0n) is 10.5. The second-order valence-corrected chi connectivity index (χ2v) is 5.77. The average Bonchev–Trinajstić information content (AvgIpc) is 2.84. The molecule has 2 atom stereocenters. The van der Waals surface area contributed by atoms with Crippen molar-refractivity contribution in [2.24, 2.45) is 11.3 Å². The van der Waals surface area contributed by atoms with E-state index in [9.17, 15) is 4.79 Å². The summed E-state index contributed by atoms with van der Waals surface area (Å²) in [6.07, 6.45) is 4.89. The SMILES string of the molecule is O=C(N1CCNCC1)[C@@]12CCCC[C@H]1CNC2. The van der Waals surface area contributed by atoms with Crippen LogP contribution in [0.1, 0.15) is 25.7 Å². The van der Waals surface area contributed by atoms with Crippen LogP contribution in [0, 0.1) is 11.3 Å². The Morgan fingerprint density at radius 1 is 1.18 bits per heavy atom. The normalized spacial score (nSPS) is 37.9. The lowest BCUT2D eigenvalue weighted by Crippen LogP contribution is -2.55. The number of nitrogens with one attached hydrogen (secondary N) is 2. The smallest absolute Gasteiger partial charge is 0.230 e. The van der Waals surface area contributed by atoms with E-state index in [1.807, 2.05) is 0 Å². The highest BCUT2D eigenvalue weighted by atomic mass is 16.2. The lowest BCUT2D eigenvalue weighted by molar-refractivity contribution is -0.146. The van der Waals surface area contributed by atoms with Crippen molar-refractivity contribution in [2.45, 2.75) is 25.7 Å². The van der Waals surface area contributed by atoms with Crippen LogP contribution in [0.25, 0.3) is 0 Å². The Balaban J connectivity index is 1.77. The molecule has 17 heavy (non-hydrogen) atoms. The maximum absolute atomic E-state index is 12.8. The molecule has 0 unspecified atom stereocenters. The van der Waals surface area contributed by atoms with Crippen LogP contribution in [0.4, 0.5) is 0 Å². The molecule has 0 radical (unpaired) electrons. The number of fused-ring (bicyclic) bond motifs is 1. The summed E-state index contributed by atoms with van der Waals surface area (Å²) in [5, 5.41) is 6.78. The topological polar surface area (TPSA) is 44.4 Å². The van der Waals surface area contributed by atoms with Crippen molar-refractivity contribution in [2.75, 3.05) is 39.3 Å². The highest BCUT2D eigenvalue weighted by Gasteiger charge is 2.51. The summed E-state index contributed by atoms with van der Waals surface area (Å²) < 4.78 is 0. The maximum atomic E-state index is 12.8. The fraction of sp³-hybridized carbons (Fsp3) is 0.923. The lowest BCUT2D eigenvalue weighted by atomic mass is 9.67. The van der Waals surface area contributed by atoms with E-state index in [0.717, 1.165) is 45.7 Å². The zero-order chi connectivity index (χ0) is 11.7. The van der Waals surface area contributed by atoms with Gasteiger partial charge in [-0.1, -0.05) is 12.8 Å². The summed E-state index contributed by atoms with van der Waals surface area (Å²) in [7, 11) is 0. The van der Waals surface area contributed by atoms with E-state index in [1.54, 1.807) is 0 Å². The molecular weight excluding hydrogens is 214 g/mol. The molecule has 4 nitrogen and oxygen atoms in total. The number of rotatable bonds is 1. The van der Waals surface area contributed by atoms with Crippen molar-refractivity contribution >= 4 is 5.91 Å². The number of amides is 1. The van der Waals surface area contributed by atoms with Crippen LogP contribution in [0.2, 0.25) is 0 Å². The highest BCUT2D eigenvalue weighted by molar-refractivity contribution is 5.84. The van der Waals surface area contributed by atoms with Crippen LogP contribution in [-0.4, -0.2) is 50.1 Å². The molecule has 1 amide bonds. The molecule has 0 aromatic heterocycles. The fourth-order valence-electron chi connectivity index (χ4n) is 3.85. The second kappa shape index (κ2) is 4.58.